The molecule has 1 amide bonds. The number of nitrogens with zero attached hydrogens (tertiary/aromatic N) is 4. The summed E-state index contributed by atoms with van der Waals surface area (Å²) in [6.45, 7) is 8.32. The molecule has 5 rings (SSSR count). The Morgan fingerprint density at radius 3 is 2.46 bits per heavy atom. The van der Waals surface area contributed by atoms with Gasteiger partial charge in [0.15, 0.2) is 0 Å². The lowest BCUT2D eigenvalue weighted by molar-refractivity contribution is -0.122. The summed E-state index contributed by atoms with van der Waals surface area (Å²) in [7, 11) is 0. The number of aryl methyl sites for hydroxylation is 2. The molecule has 2 saturated heterocycles. The third-order valence-corrected chi connectivity index (χ3v) is 8.06. The van der Waals surface area contributed by atoms with E-state index in [1.807, 2.05) is 50.2 Å². The van der Waals surface area contributed by atoms with Crippen LogP contribution in [0.5, 0.6) is 0 Å². The number of piperidine rings is 1. The van der Waals surface area contributed by atoms with Crippen LogP contribution in [0.1, 0.15) is 42.0 Å². The van der Waals surface area contributed by atoms with Crippen molar-refractivity contribution in [3.63, 3.8) is 0 Å². The summed E-state index contributed by atoms with van der Waals surface area (Å²) >= 11 is 6.80. The number of hydrogen-bond donors (Lipinski definition) is 0. The zero-order valence-electron chi connectivity index (χ0n) is 20.2. The van der Waals surface area contributed by atoms with Crippen LogP contribution in [0, 0.1) is 19.8 Å². The summed E-state index contributed by atoms with van der Waals surface area (Å²) in [5.74, 6) is 1.12. The van der Waals surface area contributed by atoms with Crippen molar-refractivity contribution >= 4 is 51.7 Å². The fourth-order valence-electron chi connectivity index (χ4n) is 4.48. The number of carbonyl (C=O) groups excluding carboxylic acids is 1. The molecule has 2 aliphatic heterocycles. The lowest BCUT2D eigenvalue weighted by Gasteiger charge is -2.32. The summed E-state index contributed by atoms with van der Waals surface area (Å²) in [5, 5.41) is 0. The Labute approximate surface area is 214 Å². The number of fused-ring (bicyclic) bond motifs is 1. The van der Waals surface area contributed by atoms with E-state index >= 15 is 0 Å². The molecule has 0 atom stereocenters. The number of rotatable bonds is 4. The van der Waals surface area contributed by atoms with Gasteiger partial charge in [-0.25, -0.2) is 4.98 Å². The molecule has 0 radical (unpaired) electrons. The molecule has 2 aliphatic rings. The molecule has 3 aromatic rings. The molecule has 2 aromatic heterocycles. The van der Waals surface area contributed by atoms with Gasteiger partial charge in [-0.3, -0.25) is 18.9 Å². The van der Waals surface area contributed by atoms with Gasteiger partial charge in [0, 0.05) is 19.3 Å². The number of thioether (sulfide) groups is 1. The van der Waals surface area contributed by atoms with E-state index in [1.165, 1.54) is 11.8 Å². The first-order valence-corrected chi connectivity index (χ1v) is 13.1. The molecular weight excluding hydrogens is 476 g/mol. The Morgan fingerprint density at radius 1 is 1.06 bits per heavy atom. The third-order valence-electron chi connectivity index (χ3n) is 6.68. The summed E-state index contributed by atoms with van der Waals surface area (Å²) in [4.78, 5) is 36.2. The topological polar surface area (TPSA) is 57.9 Å². The quantitative estimate of drug-likeness (QED) is 0.370. The van der Waals surface area contributed by atoms with Crippen LogP contribution >= 0.6 is 24.0 Å². The monoisotopic (exact) mass is 504 g/mol. The van der Waals surface area contributed by atoms with E-state index < -0.39 is 0 Å². The van der Waals surface area contributed by atoms with Gasteiger partial charge in [-0.1, -0.05) is 66.8 Å². The van der Waals surface area contributed by atoms with E-state index in [0.717, 1.165) is 42.6 Å². The molecule has 180 valence electrons. The molecule has 4 heterocycles. The maximum atomic E-state index is 13.7. The van der Waals surface area contributed by atoms with Gasteiger partial charge in [0.25, 0.3) is 11.5 Å². The van der Waals surface area contributed by atoms with Gasteiger partial charge in [0.2, 0.25) is 0 Å². The van der Waals surface area contributed by atoms with E-state index in [9.17, 15) is 9.59 Å². The normalized spacial score (nSPS) is 18.3. The fourth-order valence-corrected chi connectivity index (χ4v) is 5.72. The number of amides is 1. The number of anilines is 1. The number of thiocarbonyl (C=S) groups is 1. The van der Waals surface area contributed by atoms with Gasteiger partial charge in [-0.05, 0) is 55.9 Å². The summed E-state index contributed by atoms with van der Waals surface area (Å²) in [6, 6.07) is 11.9. The molecule has 8 heteroatoms. The van der Waals surface area contributed by atoms with Crippen molar-refractivity contribution in [2.45, 2.75) is 40.2 Å². The van der Waals surface area contributed by atoms with Gasteiger partial charge in [0.1, 0.15) is 15.8 Å². The molecule has 2 fully saturated rings. The lowest BCUT2D eigenvalue weighted by atomic mass is 9.99. The SMILES string of the molecule is Cc1ccc(CN2C(=O)/C(=C/c3c(N4CCC(C)CC4)nc4ccc(C)cn4c3=O)SC2=S)cc1. The second-order valence-corrected chi connectivity index (χ2v) is 11.2. The number of pyridine rings is 1. The maximum absolute atomic E-state index is 13.7. The van der Waals surface area contributed by atoms with Crippen LogP contribution in [0.2, 0.25) is 0 Å². The average Bonchev–Trinajstić information content (AvgIpc) is 3.10. The van der Waals surface area contributed by atoms with E-state index in [1.54, 1.807) is 21.6 Å². The van der Waals surface area contributed by atoms with E-state index in [-0.39, 0.29) is 11.5 Å². The predicted molar refractivity (Wildman–Crippen MR) is 147 cm³/mol. The summed E-state index contributed by atoms with van der Waals surface area (Å²) in [6.07, 6.45) is 5.60. The third kappa shape index (κ3) is 4.77. The molecule has 35 heavy (non-hydrogen) atoms. The standard InChI is InChI=1S/C27H28N4O2S2/c1-17-4-7-20(8-5-17)16-31-26(33)22(35-27(31)34)14-21-24(29-12-10-18(2)11-13-29)28-23-9-6-19(3)15-30(23)25(21)32/h4-9,14-15,18H,10-13,16H2,1-3H3/b22-14-. The highest BCUT2D eigenvalue weighted by Crippen LogP contribution is 2.35. The van der Waals surface area contributed by atoms with Crippen molar-refractivity contribution in [1.82, 2.24) is 14.3 Å². The van der Waals surface area contributed by atoms with Crippen LogP contribution in [0.25, 0.3) is 11.7 Å². The van der Waals surface area contributed by atoms with Crippen molar-refractivity contribution in [1.29, 1.82) is 0 Å². The van der Waals surface area contributed by atoms with Crippen molar-refractivity contribution in [3.05, 3.63) is 80.1 Å². The minimum Gasteiger partial charge on any atom is -0.356 e. The van der Waals surface area contributed by atoms with Gasteiger partial charge in [-0.2, -0.15) is 0 Å². The molecule has 1 aromatic carbocycles. The zero-order valence-corrected chi connectivity index (χ0v) is 21.8. The molecule has 0 saturated carbocycles. The fraction of sp³-hybridized carbons (Fsp3) is 0.333. The first kappa shape index (κ1) is 23.8. The lowest BCUT2D eigenvalue weighted by Crippen LogP contribution is -2.36. The van der Waals surface area contributed by atoms with Crippen LogP contribution in [-0.4, -0.2) is 37.6 Å². The van der Waals surface area contributed by atoms with Crippen LogP contribution < -0.4 is 10.5 Å². The molecule has 0 spiro atoms. The second-order valence-electron chi connectivity index (χ2n) is 9.51. The first-order chi connectivity index (χ1) is 16.8. The minimum atomic E-state index is -0.174. The molecule has 6 nitrogen and oxygen atoms in total. The van der Waals surface area contributed by atoms with Crippen LogP contribution in [0.4, 0.5) is 5.82 Å². The predicted octanol–water partition coefficient (Wildman–Crippen LogP) is 4.95. The van der Waals surface area contributed by atoms with Crippen molar-refractivity contribution in [2.24, 2.45) is 5.92 Å². The minimum absolute atomic E-state index is 0.170. The first-order valence-electron chi connectivity index (χ1n) is 11.9. The molecule has 0 aliphatic carbocycles. The molecular formula is C27H28N4O2S2. The van der Waals surface area contributed by atoms with Crippen LogP contribution in [-0.2, 0) is 11.3 Å². The molecule has 0 bridgehead atoms. The smallest absolute Gasteiger partial charge is 0.267 e. The average molecular weight is 505 g/mol. The van der Waals surface area contributed by atoms with Gasteiger partial charge in [-0.15, -0.1) is 0 Å². The maximum Gasteiger partial charge on any atom is 0.267 e. The Balaban J connectivity index is 1.55. The van der Waals surface area contributed by atoms with Crippen molar-refractivity contribution in [3.8, 4) is 0 Å². The zero-order chi connectivity index (χ0) is 24.7. The Kier molecular flexibility index (Phi) is 6.51. The number of carbonyl (C=O) groups is 1. The summed E-state index contributed by atoms with van der Waals surface area (Å²) in [5.41, 5.74) is 4.03. The van der Waals surface area contributed by atoms with Crippen LogP contribution in [0.15, 0.2) is 52.3 Å². The Hall–Kier alpha value is -2.97. The highest BCUT2D eigenvalue weighted by molar-refractivity contribution is 8.26. The van der Waals surface area contributed by atoms with Gasteiger partial charge < -0.3 is 4.90 Å². The Morgan fingerprint density at radius 2 is 1.74 bits per heavy atom. The number of hydrogen-bond acceptors (Lipinski definition) is 6. The Bertz CT molecular complexity index is 1400. The highest BCUT2D eigenvalue weighted by atomic mass is 32.2. The number of aromatic nitrogens is 2. The number of benzene rings is 1. The molecule has 0 unspecified atom stereocenters. The van der Waals surface area contributed by atoms with Gasteiger partial charge in [0.05, 0.1) is 17.0 Å². The van der Waals surface area contributed by atoms with Crippen LogP contribution in [0.3, 0.4) is 0 Å². The summed E-state index contributed by atoms with van der Waals surface area (Å²) < 4.78 is 2.07. The largest absolute Gasteiger partial charge is 0.356 e. The van der Waals surface area contributed by atoms with E-state index in [0.29, 0.717) is 38.7 Å². The van der Waals surface area contributed by atoms with Gasteiger partial charge >= 0.3 is 0 Å². The second kappa shape index (κ2) is 9.59. The molecule has 0 N–H and O–H groups in total. The van der Waals surface area contributed by atoms with Crippen molar-refractivity contribution in [2.75, 3.05) is 18.0 Å². The van der Waals surface area contributed by atoms with E-state index in [2.05, 4.69) is 11.8 Å². The van der Waals surface area contributed by atoms with Crippen molar-refractivity contribution < 1.29 is 4.79 Å². The highest BCUT2D eigenvalue weighted by Gasteiger charge is 2.33. The van der Waals surface area contributed by atoms with E-state index in [4.69, 9.17) is 17.2 Å².